The lowest BCUT2D eigenvalue weighted by molar-refractivity contribution is -0.141. The van der Waals surface area contributed by atoms with Crippen molar-refractivity contribution in [2.75, 3.05) is 0 Å². The summed E-state index contributed by atoms with van der Waals surface area (Å²) in [4.78, 5) is 30.1. The van der Waals surface area contributed by atoms with Gasteiger partial charge in [-0.05, 0) is 19.8 Å². The third-order valence-corrected chi connectivity index (χ3v) is 4.40. The van der Waals surface area contributed by atoms with Gasteiger partial charge in [-0.25, -0.2) is 4.98 Å². The Morgan fingerprint density at radius 2 is 2.14 bits per heavy atom. The van der Waals surface area contributed by atoms with E-state index in [-0.39, 0.29) is 29.9 Å². The predicted octanol–water partition coefficient (Wildman–Crippen LogP) is 0.931. The Balaban J connectivity index is 1.58. The molecule has 1 N–H and O–H groups in total. The van der Waals surface area contributed by atoms with E-state index in [4.69, 9.17) is 0 Å². The molecule has 2 amide bonds. The summed E-state index contributed by atoms with van der Waals surface area (Å²) >= 11 is 0. The van der Waals surface area contributed by atoms with Gasteiger partial charge in [0.1, 0.15) is 0 Å². The van der Waals surface area contributed by atoms with Crippen molar-refractivity contribution >= 4 is 11.8 Å². The first-order valence-corrected chi connectivity index (χ1v) is 7.73. The zero-order chi connectivity index (χ0) is 14.8. The lowest BCUT2D eigenvalue weighted by Gasteiger charge is -2.23. The van der Waals surface area contributed by atoms with Crippen LogP contribution in [-0.2, 0) is 16.1 Å². The number of aromatic nitrogens is 2. The van der Waals surface area contributed by atoms with E-state index in [0.717, 1.165) is 32.2 Å². The Kier molecular flexibility index (Phi) is 4.05. The van der Waals surface area contributed by atoms with Crippen molar-refractivity contribution in [3.63, 3.8) is 0 Å². The zero-order valence-electron chi connectivity index (χ0n) is 12.4. The molecule has 2 unspecified atom stereocenters. The number of imidazole rings is 1. The Bertz CT molecular complexity index is 508. The summed E-state index contributed by atoms with van der Waals surface area (Å²) in [7, 11) is 0. The van der Waals surface area contributed by atoms with Crippen molar-refractivity contribution in [2.45, 2.75) is 63.7 Å². The van der Waals surface area contributed by atoms with Crippen LogP contribution in [-0.4, -0.2) is 44.4 Å². The monoisotopic (exact) mass is 290 g/mol. The van der Waals surface area contributed by atoms with Crippen LogP contribution in [0.25, 0.3) is 0 Å². The summed E-state index contributed by atoms with van der Waals surface area (Å²) in [5.74, 6) is -0.0522. The SMILES string of the molecule is CC(Cn1ccnc1)NC1CC(=O)N(C2CCCC2)C1=O. The maximum atomic E-state index is 12.5. The third kappa shape index (κ3) is 3.00. The zero-order valence-corrected chi connectivity index (χ0v) is 12.4. The fraction of sp³-hybridized carbons (Fsp3) is 0.667. The largest absolute Gasteiger partial charge is 0.336 e. The van der Waals surface area contributed by atoms with Crippen LogP contribution in [0.2, 0.25) is 0 Å². The maximum Gasteiger partial charge on any atom is 0.247 e. The van der Waals surface area contributed by atoms with E-state index in [9.17, 15) is 9.59 Å². The highest BCUT2D eigenvalue weighted by Crippen LogP contribution is 2.28. The van der Waals surface area contributed by atoms with Crippen molar-refractivity contribution in [3.05, 3.63) is 18.7 Å². The number of likely N-dealkylation sites (tertiary alicyclic amines) is 1. The molecular formula is C15H22N4O2. The lowest BCUT2D eigenvalue weighted by Crippen LogP contribution is -2.46. The topological polar surface area (TPSA) is 67.2 Å². The van der Waals surface area contributed by atoms with E-state index in [1.54, 1.807) is 12.5 Å². The molecule has 1 aromatic heterocycles. The van der Waals surface area contributed by atoms with Gasteiger partial charge in [-0.2, -0.15) is 0 Å². The molecule has 0 bridgehead atoms. The highest BCUT2D eigenvalue weighted by atomic mass is 16.2. The molecule has 1 aromatic rings. The molecule has 114 valence electrons. The Morgan fingerprint density at radius 1 is 1.38 bits per heavy atom. The molecule has 2 heterocycles. The molecule has 2 fully saturated rings. The van der Waals surface area contributed by atoms with Gasteiger partial charge in [-0.3, -0.25) is 14.5 Å². The molecule has 0 spiro atoms. The van der Waals surface area contributed by atoms with Gasteiger partial charge in [0.2, 0.25) is 11.8 Å². The van der Waals surface area contributed by atoms with Crippen LogP contribution in [0.4, 0.5) is 0 Å². The first kappa shape index (κ1) is 14.3. The van der Waals surface area contributed by atoms with E-state index in [0.29, 0.717) is 6.42 Å². The molecule has 3 rings (SSSR count). The van der Waals surface area contributed by atoms with E-state index in [2.05, 4.69) is 10.3 Å². The summed E-state index contributed by atoms with van der Waals surface area (Å²) in [5, 5.41) is 3.29. The average Bonchev–Trinajstić information content (AvgIpc) is 3.14. The smallest absolute Gasteiger partial charge is 0.247 e. The van der Waals surface area contributed by atoms with Crippen molar-refractivity contribution in [2.24, 2.45) is 0 Å². The predicted molar refractivity (Wildman–Crippen MR) is 77.3 cm³/mol. The second kappa shape index (κ2) is 5.97. The Morgan fingerprint density at radius 3 is 2.81 bits per heavy atom. The van der Waals surface area contributed by atoms with Crippen molar-refractivity contribution in [3.8, 4) is 0 Å². The van der Waals surface area contributed by atoms with Gasteiger partial charge in [-0.1, -0.05) is 12.8 Å². The van der Waals surface area contributed by atoms with Gasteiger partial charge in [0, 0.05) is 31.0 Å². The number of hydrogen-bond acceptors (Lipinski definition) is 4. The van der Waals surface area contributed by atoms with E-state index < -0.39 is 0 Å². The summed E-state index contributed by atoms with van der Waals surface area (Å²) in [5.41, 5.74) is 0. The molecule has 1 saturated carbocycles. The number of amides is 2. The molecule has 6 nitrogen and oxygen atoms in total. The first-order chi connectivity index (χ1) is 10.1. The van der Waals surface area contributed by atoms with Crippen LogP contribution in [0.15, 0.2) is 18.7 Å². The van der Waals surface area contributed by atoms with E-state index >= 15 is 0 Å². The first-order valence-electron chi connectivity index (χ1n) is 7.73. The number of nitrogens with zero attached hydrogens (tertiary/aromatic N) is 3. The number of carbonyl (C=O) groups excluding carboxylic acids is 2. The molecular weight excluding hydrogens is 268 g/mol. The van der Waals surface area contributed by atoms with Crippen molar-refractivity contribution < 1.29 is 9.59 Å². The van der Waals surface area contributed by atoms with E-state index in [1.165, 1.54) is 4.90 Å². The fourth-order valence-corrected chi connectivity index (χ4v) is 3.43. The molecule has 1 aliphatic carbocycles. The van der Waals surface area contributed by atoms with Crippen molar-refractivity contribution in [1.29, 1.82) is 0 Å². The number of carbonyl (C=O) groups is 2. The highest BCUT2D eigenvalue weighted by molar-refractivity contribution is 6.05. The minimum Gasteiger partial charge on any atom is -0.336 e. The molecule has 1 aliphatic heterocycles. The normalized spacial score (nSPS) is 25.0. The molecule has 2 atom stereocenters. The molecule has 6 heteroatoms. The van der Waals surface area contributed by atoms with Crippen LogP contribution < -0.4 is 5.32 Å². The van der Waals surface area contributed by atoms with Gasteiger partial charge in [0.25, 0.3) is 0 Å². The quantitative estimate of drug-likeness (QED) is 0.819. The molecule has 1 saturated heterocycles. The average molecular weight is 290 g/mol. The second-order valence-corrected chi connectivity index (χ2v) is 6.12. The molecule has 21 heavy (non-hydrogen) atoms. The molecule has 0 aromatic carbocycles. The maximum absolute atomic E-state index is 12.5. The Hall–Kier alpha value is -1.69. The molecule has 2 aliphatic rings. The summed E-state index contributed by atoms with van der Waals surface area (Å²) in [6.45, 7) is 2.76. The Labute approximate surface area is 124 Å². The van der Waals surface area contributed by atoms with E-state index in [1.807, 2.05) is 17.7 Å². The lowest BCUT2D eigenvalue weighted by atomic mass is 10.2. The van der Waals surface area contributed by atoms with Crippen LogP contribution in [0.3, 0.4) is 0 Å². The summed E-state index contributed by atoms with van der Waals surface area (Å²) in [6.07, 6.45) is 9.86. The van der Waals surface area contributed by atoms with Crippen LogP contribution in [0, 0.1) is 0 Å². The minimum absolute atomic E-state index is 0.0146. The summed E-state index contributed by atoms with van der Waals surface area (Å²) in [6, 6.07) is -0.109. The van der Waals surface area contributed by atoms with Crippen LogP contribution in [0.5, 0.6) is 0 Å². The van der Waals surface area contributed by atoms with Gasteiger partial charge in [-0.15, -0.1) is 0 Å². The number of rotatable bonds is 5. The highest BCUT2D eigenvalue weighted by Gasteiger charge is 2.43. The summed E-state index contributed by atoms with van der Waals surface area (Å²) < 4.78 is 1.97. The van der Waals surface area contributed by atoms with Gasteiger partial charge in [0.05, 0.1) is 18.8 Å². The van der Waals surface area contributed by atoms with Gasteiger partial charge < -0.3 is 9.88 Å². The van der Waals surface area contributed by atoms with Crippen LogP contribution in [0.1, 0.15) is 39.0 Å². The van der Waals surface area contributed by atoms with Crippen LogP contribution >= 0.6 is 0 Å². The third-order valence-electron chi connectivity index (χ3n) is 4.40. The fourth-order valence-electron chi connectivity index (χ4n) is 3.43. The minimum atomic E-state index is -0.364. The number of hydrogen-bond donors (Lipinski definition) is 1. The molecule has 0 radical (unpaired) electrons. The standard InChI is InChI=1S/C15H22N4O2/c1-11(9-18-7-6-16-10-18)17-13-8-14(20)19(15(13)21)12-4-2-3-5-12/h6-7,10-13,17H,2-5,8-9H2,1H3. The van der Waals surface area contributed by atoms with Crippen molar-refractivity contribution in [1.82, 2.24) is 19.8 Å². The second-order valence-electron chi connectivity index (χ2n) is 6.12. The van der Waals surface area contributed by atoms with Gasteiger partial charge >= 0.3 is 0 Å². The number of imide groups is 1. The van der Waals surface area contributed by atoms with Gasteiger partial charge in [0.15, 0.2) is 0 Å². The number of nitrogens with one attached hydrogen (secondary N) is 1.